The van der Waals surface area contributed by atoms with Crippen molar-refractivity contribution in [1.29, 1.82) is 0 Å². The second-order valence-electron chi connectivity index (χ2n) is 9.55. The molecule has 5 aromatic carbocycles. The standard InChI is InChI=1S/C34H33P2/c1-28(2)27-36(31-21-11-5-12-22-31,32-23-13-6-14-24-32)34-26-16-15-25-33(34)35(29-17-7-3-8-18-29)30-19-9-4-10-20-30/h3-26,28H,27H2,1-2H3/q+1. The van der Waals surface area contributed by atoms with Crippen LogP contribution in [0.3, 0.4) is 0 Å². The Morgan fingerprint density at radius 2 is 0.889 bits per heavy atom. The molecule has 0 nitrogen and oxygen atoms in total. The van der Waals surface area contributed by atoms with Gasteiger partial charge in [0, 0.05) is 5.30 Å². The molecule has 36 heavy (non-hydrogen) atoms. The van der Waals surface area contributed by atoms with Crippen molar-refractivity contribution in [2.45, 2.75) is 13.8 Å². The molecule has 0 atom stereocenters. The number of hydrogen-bond donors (Lipinski definition) is 0. The van der Waals surface area contributed by atoms with Crippen molar-refractivity contribution < 1.29 is 0 Å². The van der Waals surface area contributed by atoms with Gasteiger partial charge in [-0.25, -0.2) is 0 Å². The van der Waals surface area contributed by atoms with E-state index in [0.717, 1.165) is 6.16 Å². The van der Waals surface area contributed by atoms with E-state index in [1.54, 1.807) is 0 Å². The van der Waals surface area contributed by atoms with Crippen LogP contribution in [-0.4, -0.2) is 6.16 Å². The van der Waals surface area contributed by atoms with Crippen molar-refractivity contribution in [3.63, 3.8) is 0 Å². The lowest BCUT2D eigenvalue weighted by molar-refractivity contribution is 0.745. The average molecular weight is 504 g/mol. The predicted molar refractivity (Wildman–Crippen MR) is 164 cm³/mol. The average Bonchev–Trinajstić information content (AvgIpc) is 2.94. The van der Waals surface area contributed by atoms with Crippen LogP contribution < -0.4 is 31.8 Å². The second-order valence-corrected chi connectivity index (χ2v) is 15.2. The van der Waals surface area contributed by atoms with Crippen molar-refractivity contribution in [2.75, 3.05) is 6.16 Å². The maximum absolute atomic E-state index is 2.44. The molecule has 0 amide bonds. The van der Waals surface area contributed by atoms with E-state index in [9.17, 15) is 0 Å². The number of benzene rings is 5. The lowest BCUT2D eigenvalue weighted by Gasteiger charge is -2.32. The van der Waals surface area contributed by atoms with Gasteiger partial charge < -0.3 is 0 Å². The summed E-state index contributed by atoms with van der Waals surface area (Å²) in [6, 6.07) is 54.2. The fourth-order valence-electron chi connectivity index (χ4n) is 5.21. The molecule has 0 saturated carbocycles. The van der Waals surface area contributed by atoms with Gasteiger partial charge in [-0.3, -0.25) is 0 Å². The maximum Gasteiger partial charge on any atom is 0.113 e. The summed E-state index contributed by atoms with van der Waals surface area (Å²) in [6.45, 7) is 4.75. The Balaban J connectivity index is 1.85. The van der Waals surface area contributed by atoms with E-state index in [4.69, 9.17) is 0 Å². The zero-order valence-electron chi connectivity index (χ0n) is 21.0. The van der Waals surface area contributed by atoms with Crippen LogP contribution in [0.25, 0.3) is 0 Å². The first-order valence-corrected chi connectivity index (χ1v) is 16.0. The molecule has 178 valence electrons. The highest BCUT2D eigenvalue weighted by Crippen LogP contribution is 2.57. The van der Waals surface area contributed by atoms with Crippen molar-refractivity contribution in [2.24, 2.45) is 5.92 Å². The molecule has 0 aliphatic rings. The highest BCUT2D eigenvalue weighted by molar-refractivity contribution is 7.97. The Morgan fingerprint density at radius 3 is 1.33 bits per heavy atom. The SMILES string of the molecule is CC(C)C[P+](c1ccccc1)(c1ccccc1)c1ccccc1P(c1ccccc1)c1ccccc1. The summed E-state index contributed by atoms with van der Waals surface area (Å²) in [6.07, 6.45) is 1.14. The topological polar surface area (TPSA) is 0 Å². The monoisotopic (exact) mass is 503 g/mol. The summed E-state index contributed by atoms with van der Waals surface area (Å²) in [5.74, 6) is 0.562. The molecule has 5 rings (SSSR count). The van der Waals surface area contributed by atoms with Crippen LogP contribution in [0.2, 0.25) is 0 Å². The van der Waals surface area contributed by atoms with E-state index >= 15 is 0 Å². The minimum absolute atomic E-state index is 0.562. The summed E-state index contributed by atoms with van der Waals surface area (Å²) in [4.78, 5) is 0. The Kier molecular flexibility index (Phi) is 7.77. The third-order valence-electron chi connectivity index (χ3n) is 6.60. The third-order valence-corrected chi connectivity index (χ3v) is 14.1. The molecule has 0 bridgehead atoms. The molecule has 0 saturated heterocycles. The van der Waals surface area contributed by atoms with Crippen molar-refractivity contribution in [3.8, 4) is 0 Å². The van der Waals surface area contributed by atoms with Gasteiger partial charge in [0.1, 0.15) is 23.2 Å². The van der Waals surface area contributed by atoms with E-state index in [2.05, 4.69) is 159 Å². The zero-order valence-corrected chi connectivity index (χ0v) is 22.8. The normalized spacial score (nSPS) is 11.7. The van der Waals surface area contributed by atoms with Gasteiger partial charge in [0.2, 0.25) is 0 Å². The summed E-state index contributed by atoms with van der Waals surface area (Å²) < 4.78 is 0. The molecule has 0 aliphatic heterocycles. The molecule has 0 aliphatic carbocycles. The van der Waals surface area contributed by atoms with Gasteiger partial charge in [0.25, 0.3) is 0 Å². The Labute approximate surface area is 218 Å². The third kappa shape index (κ3) is 4.95. The molecule has 0 aromatic heterocycles. The molecule has 0 heterocycles. The summed E-state index contributed by atoms with van der Waals surface area (Å²) in [5, 5.41) is 8.73. The fourth-order valence-corrected chi connectivity index (χ4v) is 13.1. The molecule has 0 fully saturated rings. The van der Waals surface area contributed by atoms with E-state index in [1.165, 1.54) is 31.8 Å². The van der Waals surface area contributed by atoms with Gasteiger partial charge in [-0.05, 0) is 60.8 Å². The second kappa shape index (κ2) is 11.3. The van der Waals surface area contributed by atoms with Crippen LogP contribution in [0.15, 0.2) is 146 Å². The first-order valence-electron chi connectivity index (χ1n) is 12.7. The van der Waals surface area contributed by atoms with Gasteiger partial charge in [0.05, 0.1) is 6.16 Å². The van der Waals surface area contributed by atoms with Crippen LogP contribution in [0, 0.1) is 5.92 Å². The number of hydrogen-bond acceptors (Lipinski definition) is 0. The van der Waals surface area contributed by atoms with Gasteiger partial charge >= 0.3 is 0 Å². The van der Waals surface area contributed by atoms with Crippen LogP contribution in [0.1, 0.15) is 13.8 Å². The largest absolute Gasteiger partial charge is 0.113 e. The van der Waals surface area contributed by atoms with Gasteiger partial charge in [-0.2, -0.15) is 0 Å². The molecule has 5 aromatic rings. The van der Waals surface area contributed by atoms with E-state index in [1.807, 2.05) is 0 Å². The van der Waals surface area contributed by atoms with E-state index < -0.39 is 15.2 Å². The minimum atomic E-state index is -1.93. The van der Waals surface area contributed by atoms with Crippen molar-refractivity contribution in [1.82, 2.24) is 0 Å². The molecule has 2 heteroatoms. The zero-order chi connectivity index (χ0) is 24.8. The summed E-state index contributed by atoms with van der Waals surface area (Å²) in [5.41, 5.74) is 0. The molecular formula is C34H33P2+. The Hall–Kier alpha value is -3.04. The molecular weight excluding hydrogens is 470 g/mol. The van der Waals surface area contributed by atoms with Crippen LogP contribution in [-0.2, 0) is 0 Å². The van der Waals surface area contributed by atoms with Crippen molar-refractivity contribution in [3.05, 3.63) is 146 Å². The minimum Gasteiger partial charge on any atom is -0.0622 e. The molecule has 0 spiro atoms. The van der Waals surface area contributed by atoms with Crippen LogP contribution in [0.5, 0.6) is 0 Å². The fraction of sp³-hybridized carbons (Fsp3) is 0.118. The van der Waals surface area contributed by atoms with E-state index in [0.29, 0.717) is 5.92 Å². The van der Waals surface area contributed by atoms with E-state index in [-0.39, 0.29) is 0 Å². The highest BCUT2D eigenvalue weighted by Gasteiger charge is 2.48. The van der Waals surface area contributed by atoms with Crippen LogP contribution in [0.4, 0.5) is 0 Å². The summed E-state index contributed by atoms with van der Waals surface area (Å²) >= 11 is 0. The molecule has 0 N–H and O–H groups in total. The first kappa shape index (κ1) is 24.6. The van der Waals surface area contributed by atoms with Crippen molar-refractivity contribution >= 4 is 47.0 Å². The lowest BCUT2D eigenvalue weighted by atomic mass is 10.3. The first-order chi connectivity index (χ1) is 17.7. The van der Waals surface area contributed by atoms with Crippen LogP contribution >= 0.6 is 15.2 Å². The predicted octanol–water partition coefficient (Wildman–Crippen LogP) is 6.39. The van der Waals surface area contributed by atoms with Gasteiger partial charge in [0.15, 0.2) is 0 Å². The smallest absolute Gasteiger partial charge is 0.0622 e. The quantitative estimate of drug-likeness (QED) is 0.215. The molecule has 0 radical (unpaired) electrons. The Bertz CT molecular complexity index is 1290. The van der Waals surface area contributed by atoms with Gasteiger partial charge in [-0.1, -0.05) is 123 Å². The Morgan fingerprint density at radius 1 is 0.500 bits per heavy atom. The highest BCUT2D eigenvalue weighted by atomic mass is 31.2. The maximum atomic E-state index is 2.44. The van der Waals surface area contributed by atoms with Gasteiger partial charge in [-0.15, -0.1) is 0 Å². The summed E-state index contributed by atoms with van der Waals surface area (Å²) in [7, 11) is -2.63. The lowest BCUT2D eigenvalue weighted by Crippen LogP contribution is -2.42. The number of rotatable bonds is 8. The molecule has 0 unspecified atom stereocenters.